The Bertz CT molecular complexity index is 370. The first-order chi connectivity index (χ1) is 6.69. The van der Waals surface area contributed by atoms with Crippen molar-refractivity contribution in [3.8, 4) is 0 Å². The van der Waals surface area contributed by atoms with Gasteiger partial charge in [-0.2, -0.15) is 0 Å². The molecular weight excluding hydrogens is 183 g/mol. The molecule has 0 radical (unpaired) electrons. The standard InChI is InChI=1S/C11H11FO2/c1-3-4-8-7-9(12)5-6-10(8)11(13)14-2/h3-7H,1-2H3/b4-3+. The minimum atomic E-state index is -0.460. The van der Waals surface area contributed by atoms with E-state index < -0.39 is 5.97 Å². The molecule has 0 aromatic heterocycles. The number of carbonyl (C=O) groups is 1. The third-order valence-corrected chi connectivity index (χ3v) is 1.77. The van der Waals surface area contributed by atoms with Gasteiger partial charge in [0.1, 0.15) is 5.82 Å². The molecule has 0 atom stereocenters. The van der Waals surface area contributed by atoms with Crippen molar-refractivity contribution < 1.29 is 13.9 Å². The summed E-state index contributed by atoms with van der Waals surface area (Å²) in [6, 6.07) is 3.95. The Hall–Kier alpha value is -1.64. The van der Waals surface area contributed by atoms with Crippen LogP contribution in [0.15, 0.2) is 24.3 Å². The third-order valence-electron chi connectivity index (χ3n) is 1.77. The van der Waals surface area contributed by atoms with E-state index in [-0.39, 0.29) is 5.82 Å². The van der Waals surface area contributed by atoms with E-state index >= 15 is 0 Å². The fourth-order valence-electron chi connectivity index (χ4n) is 1.15. The first-order valence-corrected chi connectivity index (χ1v) is 4.19. The van der Waals surface area contributed by atoms with E-state index in [2.05, 4.69) is 4.74 Å². The maximum atomic E-state index is 12.9. The highest BCUT2D eigenvalue weighted by atomic mass is 19.1. The van der Waals surface area contributed by atoms with Crippen LogP contribution in [0.2, 0.25) is 0 Å². The molecule has 0 saturated carbocycles. The highest BCUT2D eigenvalue weighted by Gasteiger charge is 2.09. The van der Waals surface area contributed by atoms with E-state index in [4.69, 9.17) is 0 Å². The van der Waals surface area contributed by atoms with Crippen LogP contribution in [0.1, 0.15) is 22.8 Å². The molecule has 0 bridgehead atoms. The Balaban J connectivity index is 3.21. The van der Waals surface area contributed by atoms with Crippen LogP contribution >= 0.6 is 0 Å². The second-order valence-electron chi connectivity index (χ2n) is 2.72. The molecule has 1 aromatic rings. The van der Waals surface area contributed by atoms with Gasteiger partial charge >= 0.3 is 5.97 Å². The van der Waals surface area contributed by atoms with E-state index in [9.17, 15) is 9.18 Å². The molecule has 1 aromatic carbocycles. The highest BCUT2D eigenvalue weighted by Crippen LogP contribution is 2.14. The number of hydrogen-bond acceptors (Lipinski definition) is 2. The highest BCUT2D eigenvalue weighted by molar-refractivity contribution is 5.93. The summed E-state index contributed by atoms with van der Waals surface area (Å²) in [5.41, 5.74) is 0.895. The van der Waals surface area contributed by atoms with Gasteiger partial charge in [0, 0.05) is 0 Å². The summed E-state index contributed by atoms with van der Waals surface area (Å²) in [4.78, 5) is 11.2. The molecule has 0 fully saturated rings. The average molecular weight is 194 g/mol. The summed E-state index contributed by atoms with van der Waals surface area (Å²) in [5.74, 6) is -0.830. The minimum Gasteiger partial charge on any atom is -0.465 e. The van der Waals surface area contributed by atoms with E-state index in [1.165, 1.54) is 25.3 Å². The molecule has 0 unspecified atom stereocenters. The molecule has 3 heteroatoms. The number of rotatable bonds is 2. The summed E-state index contributed by atoms with van der Waals surface area (Å²) in [5, 5.41) is 0. The van der Waals surface area contributed by atoms with Gasteiger partial charge in [0.25, 0.3) is 0 Å². The Labute approximate surface area is 82.0 Å². The lowest BCUT2D eigenvalue weighted by molar-refractivity contribution is 0.0600. The Morgan fingerprint density at radius 2 is 2.21 bits per heavy atom. The molecule has 0 N–H and O–H groups in total. The normalized spacial score (nSPS) is 10.5. The smallest absolute Gasteiger partial charge is 0.338 e. The molecule has 0 aliphatic heterocycles. The van der Waals surface area contributed by atoms with E-state index in [0.717, 1.165) is 0 Å². The predicted molar refractivity (Wildman–Crippen MR) is 52.4 cm³/mol. The van der Waals surface area contributed by atoms with Gasteiger partial charge in [0.05, 0.1) is 12.7 Å². The minimum absolute atomic E-state index is 0.368. The lowest BCUT2D eigenvalue weighted by atomic mass is 10.1. The van der Waals surface area contributed by atoms with Gasteiger partial charge in [0.2, 0.25) is 0 Å². The third kappa shape index (κ3) is 2.19. The van der Waals surface area contributed by atoms with Crippen LogP contribution in [0.4, 0.5) is 4.39 Å². The van der Waals surface area contributed by atoms with Gasteiger partial charge in [0.15, 0.2) is 0 Å². The summed E-state index contributed by atoms with van der Waals surface area (Å²) >= 11 is 0. The number of benzene rings is 1. The van der Waals surface area contributed by atoms with Crippen molar-refractivity contribution in [3.63, 3.8) is 0 Å². The van der Waals surface area contributed by atoms with Crippen molar-refractivity contribution in [3.05, 3.63) is 41.2 Å². The second-order valence-corrected chi connectivity index (χ2v) is 2.72. The van der Waals surface area contributed by atoms with E-state index in [1.807, 2.05) is 0 Å². The maximum absolute atomic E-state index is 12.9. The SMILES string of the molecule is C/C=C/c1cc(F)ccc1C(=O)OC. The van der Waals surface area contributed by atoms with E-state index in [0.29, 0.717) is 11.1 Å². The summed E-state index contributed by atoms with van der Waals surface area (Å²) < 4.78 is 17.4. The fraction of sp³-hybridized carbons (Fsp3) is 0.182. The molecule has 2 nitrogen and oxygen atoms in total. The first-order valence-electron chi connectivity index (χ1n) is 4.19. The number of carbonyl (C=O) groups excluding carboxylic acids is 1. The molecular formula is C11H11FO2. The zero-order valence-corrected chi connectivity index (χ0v) is 8.08. The van der Waals surface area contributed by atoms with Gasteiger partial charge in [-0.25, -0.2) is 9.18 Å². The monoisotopic (exact) mass is 194 g/mol. The van der Waals surface area contributed by atoms with Crippen molar-refractivity contribution in [1.82, 2.24) is 0 Å². The van der Waals surface area contributed by atoms with Gasteiger partial charge in [-0.05, 0) is 30.7 Å². The number of methoxy groups -OCH3 is 1. The molecule has 0 aliphatic carbocycles. The molecule has 0 amide bonds. The summed E-state index contributed by atoms with van der Waals surface area (Å²) in [7, 11) is 1.30. The molecule has 74 valence electrons. The van der Waals surface area contributed by atoms with Gasteiger partial charge in [-0.15, -0.1) is 0 Å². The zero-order chi connectivity index (χ0) is 10.6. The largest absolute Gasteiger partial charge is 0.465 e. The molecule has 1 rings (SSSR count). The number of halogens is 1. The van der Waals surface area contributed by atoms with Gasteiger partial charge < -0.3 is 4.74 Å². The maximum Gasteiger partial charge on any atom is 0.338 e. The fourth-order valence-corrected chi connectivity index (χ4v) is 1.15. The van der Waals surface area contributed by atoms with Crippen LogP contribution in [0.3, 0.4) is 0 Å². The van der Waals surface area contributed by atoms with Crippen molar-refractivity contribution in [2.45, 2.75) is 6.92 Å². The lowest BCUT2D eigenvalue weighted by Crippen LogP contribution is -2.03. The zero-order valence-electron chi connectivity index (χ0n) is 8.08. The summed E-state index contributed by atoms with van der Waals surface area (Å²) in [6.07, 6.45) is 3.40. The quantitative estimate of drug-likeness (QED) is 0.676. The lowest BCUT2D eigenvalue weighted by Gasteiger charge is -2.03. The molecule has 0 spiro atoms. The first kappa shape index (κ1) is 10.4. The number of hydrogen-bond donors (Lipinski definition) is 0. The summed E-state index contributed by atoms with van der Waals surface area (Å²) in [6.45, 7) is 1.80. The number of ether oxygens (including phenoxy) is 1. The molecule has 0 heterocycles. The second kappa shape index (κ2) is 4.56. The van der Waals surface area contributed by atoms with Crippen LogP contribution < -0.4 is 0 Å². The Morgan fingerprint density at radius 1 is 1.50 bits per heavy atom. The van der Waals surface area contributed by atoms with Crippen LogP contribution in [0.5, 0.6) is 0 Å². The van der Waals surface area contributed by atoms with Crippen molar-refractivity contribution in [2.24, 2.45) is 0 Å². The van der Waals surface area contributed by atoms with Crippen LogP contribution in [0.25, 0.3) is 6.08 Å². The van der Waals surface area contributed by atoms with Gasteiger partial charge in [-0.3, -0.25) is 0 Å². The van der Waals surface area contributed by atoms with E-state index in [1.54, 1.807) is 19.1 Å². The average Bonchev–Trinajstić information content (AvgIpc) is 2.17. The van der Waals surface area contributed by atoms with Crippen molar-refractivity contribution >= 4 is 12.0 Å². The van der Waals surface area contributed by atoms with Crippen LogP contribution in [-0.4, -0.2) is 13.1 Å². The predicted octanol–water partition coefficient (Wildman–Crippen LogP) is 2.65. The number of allylic oxidation sites excluding steroid dienone is 1. The van der Waals surface area contributed by atoms with Crippen molar-refractivity contribution in [2.75, 3.05) is 7.11 Å². The Kier molecular flexibility index (Phi) is 3.40. The van der Waals surface area contributed by atoms with Crippen LogP contribution in [0, 0.1) is 5.82 Å². The molecule has 14 heavy (non-hydrogen) atoms. The molecule has 0 saturated heterocycles. The van der Waals surface area contributed by atoms with Crippen molar-refractivity contribution in [1.29, 1.82) is 0 Å². The molecule has 0 aliphatic rings. The van der Waals surface area contributed by atoms with Crippen LogP contribution in [-0.2, 0) is 4.74 Å². The number of esters is 1. The topological polar surface area (TPSA) is 26.3 Å². The Morgan fingerprint density at radius 3 is 2.79 bits per heavy atom. The van der Waals surface area contributed by atoms with Gasteiger partial charge in [-0.1, -0.05) is 12.2 Å².